The summed E-state index contributed by atoms with van der Waals surface area (Å²) in [6.07, 6.45) is 8.30. The summed E-state index contributed by atoms with van der Waals surface area (Å²) in [5, 5.41) is 0.989. The van der Waals surface area contributed by atoms with E-state index in [-0.39, 0.29) is 0 Å². The fourth-order valence-electron chi connectivity index (χ4n) is 0.666. The van der Waals surface area contributed by atoms with Crippen molar-refractivity contribution in [2.45, 2.75) is 0 Å². The maximum absolute atomic E-state index is 6.04. The standard InChI is InChI=1S/C5H14Cl2S2/c1-8(2,6)5-9(3,4)7/h5H2,1-4H3. The third kappa shape index (κ3) is 9.28. The van der Waals surface area contributed by atoms with Gasteiger partial charge in [0, 0.05) is 5.08 Å². The molecule has 0 aliphatic heterocycles. The summed E-state index contributed by atoms with van der Waals surface area (Å²) in [6.45, 7) is 0. The first-order valence-electron chi connectivity index (χ1n) is 2.52. The van der Waals surface area contributed by atoms with Crippen molar-refractivity contribution in [3.05, 3.63) is 0 Å². The minimum absolute atomic E-state index is 0.905. The first-order chi connectivity index (χ1) is 3.71. The SMILES string of the molecule is CS(C)(Cl)CS(C)(C)Cl. The van der Waals surface area contributed by atoms with Crippen molar-refractivity contribution in [1.82, 2.24) is 0 Å². The van der Waals surface area contributed by atoms with Crippen molar-refractivity contribution in [2.75, 3.05) is 30.1 Å². The maximum atomic E-state index is 6.04. The Labute approximate surface area is 69.9 Å². The van der Waals surface area contributed by atoms with Crippen LogP contribution in [0, 0.1) is 0 Å². The Bertz CT molecular complexity index is 78.1. The van der Waals surface area contributed by atoms with E-state index in [1.165, 1.54) is 0 Å². The Kier molecular flexibility index (Phi) is 3.56. The minimum Gasteiger partial charge on any atom is -0.160 e. The predicted octanol–water partition coefficient (Wildman–Crippen LogP) is 3.38. The molecule has 0 aliphatic rings. The lowest BCUT2D eigenvalue weighted by molar-refractivity contribution is 2.01. The number of hydrogen-bond acceptors (Lipinski definition) is 0. The van der Waals surface area contributed by atoms with E-state index in [0.29, 0.717) is 0 Å². The zero-order valence-electron chi connectivity index (χ0n) is 6.28. The fourth-order valence-corrected chi connectivity index (χ4v) is 10.4. The van der Waals surface area contributed by atoms with Gasteiger partial charge in [0.25, 0.3) is 0 Å². The molecule has 0 radical (unpaired) electrons. The maximum Gasteiger partial charge on any atom is 0.0315 e. The molecular formula is C5H14Cl2S2. The van der Waals surface area contributed by atoms with Crippen LogP contribution in [0.15, 0.2) is 0 Å². The summed E-state index contributed by atoms with van der Waals surface area (Å²) in [5.74, 6) is 0. The normalized spacial score (nSPS) is 17.6. The Morgan fingerprint density at radius 2 is 1.11 bits per heavy atom. The van der Waals surface area contributed by atoms with E-state index in [0.717, 1.165) is 5.08 Å². The summed E-state index contributed by atoms with van der Waals surface area (Å²) in [7, 11) is 10.3. The van der Waals surface area contributed by atoms with Crippen LogP contribution in [0.2, 0.25) is 0 Å². The van der Waals surface area contributed by atoms with E-state index in [9.17, 15) is 0 Å². The first-order valence-corrected chi connectivity index (χ1v) is 9.41. The molecule has 0 aliphatic carbocycles. The van der Waals surface area contributed by atoms with Crippen LogP contribution >= 0.6 is 39.8 Å². The van der Waals surface area contributed by atoms with Gasteiger partial charge in [0.15, 0.2) is 0 Å². The molecule has 9 heavy (non-hydrogen) atoms. The molecule has 0 bridgehead atoms. The molecule has 0 aromatic carbocycles. The molecule has 0 rings (SSSR count). The molecule has 60 valence electrons. The molecule has 0 N–H and O–H groups in total. The van der Waals surface area contributed by atoms with Gasteiger partial charge in [0.1, 0.15) is 0 Å². The van der Waals surface area contributed by atoms with Gasteiger partial charge >= 0.3 is 0 Å². The third-order valence-electron chi connectivity index (χ3n) is 0.560. The van der Waals surface area contributed by atoms with Crippen molar-refractivity contribution in [2.24, 2.45) is 0 Å². The van der Waals surface area contributed by atoms with Crippen LogP contribution < -0.4 is 0 Å². The zero-order chi connectivity index (χ0) is 7.71. The van der Waals surface area contributed by atoms with E-state index in [1.54, 1.807) is 0 Å². The quantitative estimate of drug-likeness (QED) is 0.654. The summed E-state index contributed by atoms with van der Waals surface area (Å²) in [6, 6.07) is 0. The Morgan fingerprint density at radius 1 is 0.889 bits per heavy atom. The van der Waals surface area contributed by atoms with Gasteiger partial charge in [-0.05, 0) is 25.0 Å². The summed E-state index contributed by atoms with van der Waals surface area (Å²) < 4.78 is 0. The number of hydrogen-bond donors (Lipinski definition) is 0. The van der Waals surface area contributed by atoms with Crippen LogP contribution in [-0.4, -0.2) is 30.1 Å². The van der Waals surface area contributed by atoms with Gasteiger partial charge in [0.05, 0.1) is 0 Å². The second-order valence-electron chi connectivity index (χ2n) is 2.92. The van der Waals surface area contributed by atoms with Gasteiger partial charge in [-0.2, -0.15) is 18.5 Å². The van der Waals surface area contributed by atoms with E-state index >= 15 is 0 Å². The van der Waals surface area contributed by atoms with Crippen molar-refractivity contribution in [3.8, 4) is 0 Å². The topological polar surface area (TPSA) is 0 Å². The Morgan fingerprint density at radius 3 is 1.11 bits per heavy atom. The zero-order valence-corrected chi connectivity index (χ0v) is 9.42. The molecule has 0 amide bonds. The molecule has 0 atom stereocenters. The van der Waals surface area contributed by atoms with E-state index in [4.69, 9.17) is 21.4 Å². The average molecular weight is 209 g/mol. The highest BCUT2D eigenvalue weighted by Gasteiger charge is 2.16. The molecular weight excluding hydrogens is 195 g/mol. The monoisotopic (exact) mass is 208 g/mol. The van der Waals surface area contributed by atoms with E-state index in [2.05, 4.69) is 25.0 Å². The lowest BCUT2D eigenvalue weighted by Gasteiger charge is -2.32. The average Bonchev–Trinajstić information content (AvgIpc) is 1.14. The van der Waals surface area contributed by atoms with Crippen molar-refractivity contribution < 1.29 is 0 Å². The van der Waals surface area contributed by atoms with Gasteiger partial charge < -0.3 is 0 Å². The van der Waals surface area contributed by atoms with Crippen LogP contribution in [-0.2, 0) is 0 Å². The summed E-state index contributed by atoms with van der Waals surface area (Å²) in [4.78, 5) is 0. The van der Waals surface area contributed by atoms with Gasteiger partial charge in [-0.3, -0.25) is 0 Å². The molecule has 0 fully saturated rings. The highest BCUT2D eigenvalue weighted by atomic mass is 35.7. The lowest BCUT2D eigenvalue weighted by atomic mass is 11.8. The third-order valence-corrected chi connectivity index (χ3v) is 6.65. The van der Waals surface area contributed by atoms with Gasteiger partial charge in [-0.1, -0.05) is 21.4 Å². The second-order valence-corrected chi connectivity index (χ2v) is 14.5. The highest BCUT2D eigenvalue weighted by molar-refractivity contribution is 8.63. The van der Waals surface area contributed by atoms with Crippen molar-refractivity contribution >= 4 is 39.8 Å². The molecule has 0 nitrogen and oxygen atoms in total. The van der Waals surface area contributed by atoms with Gasteiger partial charge in [0.2, 0.25) is 0 Å². The molecule has 0 unspecified atom stereocenters. The molecule has 4 heteroatoms. The second kappa shape index (κ2) is 3.12. The largest absolute Gasteiger partial charge is 0.160 e. The van der Waals surface area contributed by atoms with Crippen LogP contribution in [0.3, 0.4) is 0 Å². The van der Waals surface area contributed by atoms with Crippen molar-refractivity contribution in [3.63, 3.8) is 0 Å². The molecule has 0 aromatic rings. The number of rotatable bonds is 2. The molecule has 0 saturated heterocycles. The van der Waals surface area contributed by atoms with E-state index < -0.39 is 18.5 Å². The summed E-state index contributed by atoms with van der Waals surface area (Å²) in [5.41, 5.74) is 0. The predicted molar refractivity (Wildman–Crippen MR) is 55.5 cm³/mol. The van der Waals surface area contributed by atoms with Crippen molar-refractivity contribution in [1.29, 1.82) is 0 Å². The Hall–Kier alpha value is 1.28. The van der Waals surface area contributed by atoms with Crippen LogP contribution in [0.5, 0.6) is 0 Å². The fraction of sp³-hybridized carbons (Fsp3) is 1.00. The van der Waals surface area contributed by atoms with Gasteiger partial charge in [-0.15, -0.1) is 0 Å². The van der Waals surface area contributed by atoms with Crippen LogP contribution in [0.25, 0.3) is 0 Å². The molecule has 0 spiro atoms. The smallest absolute Gasteiger partial charge is 0.0315 e. The van der Waals surface area contributed by atoms with Crippen LogP contribution in [0.4, 0.5) is 0 Å². The first kappa shape index (κ1) is 10.3. The number of halogens is 2. The molecule has 0 heterocycles. The van der Waals surface area contributed by atoms with E-state index in [1.807, 2.05) is 0 Å². The highest BCUT2D eigenvalue weighted by Crippen LogP contribution is 2.60. The Balaban J connectivity index is 3.75. The van der Waals surface area contributed by atoms with Gasteiger partial charge in [-0.25, -0.2) is 0 Å². The molecule has 0 saturated carbocycles. The molecule has 0 aromatic heterocycles. The minimum atomic E-state index is -0.905. The summed E-state index contributed by atoms with van der Waals surface area (Å²) >= 11 is 0. The van der Waals surface area contributed by atoms with Crippen LogP contribution in [0.1, 0.15) is 0 Å². The lowest BCUT2D eigenvalue weighted by Crippen LogP contribution is -1.98.